The second-order valence-electron chi connectivity index (χ2n) is 2.97. The van der Waals surface area contributed by atoms with E-state index >= 15 is 0 Å². The minimum absolute atomic E-state index is 0.125. The number of benzene rings is 1. The van der Waals surface area contributed by atoms with E-state index in [0.717, 1.165) is 0 Å². The average Bonchev–Trinajstić information content (AvgIpc) is 2.17. The van der Waals surface area contributed by atoms with Gasteiger partial charge < -0.3 is 11.1 Å². The van der Waals surface area contributed by atoms with Gasteiger partial charge in [-0.25, -0.2) is 0 Å². The highest BCUT2D eigenvalue weighted by atomic mass is 32.2. The number of thioether (sulfide) groups is 1. The summed E-state index contributed by atoms with van der Waals surface area (Å²) in [5.41, 5.74) is 6.19. The highest BCUT2D eigenvalue weighted by Crippen LogP contribution is 2.41. The molecule has 1 amide bonds. The number of nitrogen functional groups attached to an aromatic ring is 1. The molecule has 0 aliphatic carbocycles. The van der Waals surface area contributed by atoms with Crippen LogP contribution in [0.2, 0.25) is 0 Å². The first-order chi connectivity index (χ1) is 7.09. The monoisotopic (exact) mass is 225 g/mol. The van der Waals surface area contributed by atoms with Crippen LogP contribution in [0.5, 0.6) is 0 Å². The van der Waals surface area contributed by atoms with Crippen molar-refractivity contribution < 1.29 is 9.72 Å². The third kappa shape index (κ3) is 1.61. The molecule has 3 N–H and O–H groups in total. The number of carbonyl (C=O) groups is 1. The van der Waals surface area contributed by atoms with Crippen LogP contribution >= 0.6 is 11.8 Å². The van der Waals surface area contributed by atoms with Gasteiger partial charge in [-0.3, -0.25) is 14.9 Å². The Hall–Kier alpha value is -1.76. The molecule has 1 aromatic carbocycles. The maximum Gasteiger partial charge on any atom is 0.294 e. The number of hydrogen-bond donors (Lipinski definition) is 2. The summed E-state index contributed by atoms with van der Waals surface area (Å²) in [4.78, 5) is 21.8. The number of nitrogens with two attached hydrogens (primary N) is 1. The maximum absolute atomic E-state index is 11.1. The van der Waals surface area contributed by atoms with Gasteiger partial charge in [0, 0.05) is 11.8 Å². The van der Waals surface area contributed by atoms with Crippen LogP contribution in [0.4, 0.5) is 17.1 Å². The molecule has 1 heterocycles. The number of amides is 1. The zero-order valence-corrected chi connectivity index (χ0v) is 8.34. The smallest absolute Gasteiger partial charge is 0.294 e. The van der Waals surface area contributed by atoms with Crippen LogP contribution in [0.1, 0.15) is 0 Å². The molecule has 0 atom stereocenters. The van der Waals surface area contributed by atoms with E-state index in [1.54, 1.807) is 0 Å². The molecule has 6 nitrogen and oxygen atoms in total. The first-order valence-electron chi connectivity index (χ1n) is 4.09. The van der Waals surface area contributed by atoms with Crippen LogP contribution in [0.25, 0.3) is 0 Å². The fraction of sp³-hybridized carbons (Fsp3) is 0.125. The summed E-state index contributed by atoms with van der Waals surface area (Å²) in [6.07, 6.45) is 0. The molecule has 0 fully saturated rings. The lowest BCUT2D eigenvalue weighted by atomic mass is 10.2. The van der Waals surface area contributed by atoms with E-state index in [1.807, 2.05) is 0 Å². The molecule has 78 valence electrons. The number of nitrogens with one attached hydrogen (secondary N) is 1. The minimum atomic E-state index is -0.537. The van der Waals surface area contributed by atoms with Crippen molar-refractivity contribution in [2.45, 2.75) is 4.90 Å². The van der Waals surface area contributed by atoms with Crippen molar-refractivity contribution in [2.24, 2.45) is 0 Å². The molecule has 2 rings (SSSR count). The summed E-state index contributed by atoms with van der Waals surface area (Å²) < 4.78 is 0. The summed E-state index contributed by atoms with van der Waals surface area (Å²) in [7, 11) is 0. The van der Waals surface area contributed by atoms with Crippen LogP contribution in [0, 0.1) is 10.1 Å². The van der Waals surface area contributed by atoms with Gasteiger partial charge in [0.15, 0.2) is 0 Å². The van der Waals surface area contributed by atoms with Crippen molar-refractivity contribution in [3.63, 3.8) is 0 Å². The number of rotatable bonds is 1. The third-order valence-corrected chi connectivity index (χ3v) is 3.11. The van der Waals surface area contributed by atoms with Crippen LogP contribution in [0.15, 0.2) is 17.0 Å². The first-order valence-corrected chi connectivity index (χ1v) is 5.07. The lowest BCUT2D eigenvalue weighted by Gasteiger charge is -2.17. The van der Waals surface area contributed by atoms with Gasteiger partial charge in [-0.2, -0.15) is 0 Å². The Morgan fingerprint density at radius 1 is 1.53 bits per heavy atom. The Morgan fingerprint density at radius 3 is 2.93 bits per heavy atom. The first kappa shape index (κ1) is 9.78. The van der Waals surface area contributed by atoms with E-state index in [9.17, 15) is 14.9 Å². The van der Waals surface area contributed by atoms with Crippen molar-refractivity contribution in [1.29, 1.82) is 0 Å². The molecule has 0 radical (unpaired) electrons. The lowest BCUT2D eigenvalue weighted by molar-refractivity contribution is -0.384. The molecule has 7 heteroatoms. The Kier molecular flexibility index (Phi) is 2.24. The van der Waals surface area contributed by atoms with Crippen LogP contribution in [-0.2, 0) is 4.79 Å². The van der Waals surface area contributed by atoms with Gasteiger partial charge in [0.1, 0.15) is 5.69 Å². The average molecular weight is 225 g/mol. The number of nitro groups is 1. The van der Waals surface area contributed by atoms with Gasteiger partial charge in [-0.05, 0) is 6.07 Å². The van der Waals surface area contributed by atoms with Gasteiger partial charge in [0.25, 0.3) is 5.69 Å². The van der Waals surface area contributed by atoms with Gasteiger partial charge in [-0.15, -0.1) is 11.8 Å². The molecule has 0 unspecified atom stereocenters. The van der Waals surface area contributed by atoms with Crippen molar-refractivity contribution >= 4 is 34.7 Å². The van der Waals surface area contributed by atoms with E-state index in [4.69, 9.17) is 5.73 Å². The zero-order valence-electron chi connectivity index (χ0n) is 7.52. The van der Waals surface area contributed by atoms with Crippen molar-refractivity contribution in [2.75, 3.05) is 16.8 Å². The number of nitrogens with zero attached hydrogens (tertiary/aromatic N) is 1. The predicted octanol–water partition coefficient (Wildman–Crippen LogP) is 1.22. The topological polar surface area (TPSA) is 98.3 Å². The third-order valence-electron chi connectivity index (χ3n) is 1.97. The number of nitro benzene ring substituents is 1. The van der Waals surface area contributed by atoms with Gasteiger partial charge in [0.2, 0.25) is 5.91 Å². The number of fused-ring (bicyclic) bond motifs is 1. The zero-order chi connectivity index (χ0) is 11.0. The van der Waals surface area contributed by atoms with Crippen molar-refractivity contribution in [3.05, 3.63) is 22.2 Å². The second-order valence-corrected chi connectivity index (χ2v) is 3.96. The molecule has 15 heavy (non-hydrogen) atoms. The molecule has 0 spiro atoms. The van der Waals surface area contributed by atoms with Gasteiger partial charge in [0.05, 0.1) is 15.6 Å². The molecule has 0 saturated carbocycles. The molecule has 1 aliphatic rings. The van der Waals surface area contributed by atoms with E-state index in [-0.39, 0.29) is 23.0 Å². The van der Waals surface area contributed by atoms with Crippen molar-refractivity contribution in [1.82, 2.24) is 0 Å². The lowest BCUT2D eigenvalue weighted by Crippen LogP contribution is -2.20. The number of anilines is 2. The highest BCUT2D eigenvalue weighted by Gasteiger charge is 2.26. The fourth-order valence-electron chi connectivity index (χ4n) is 1.33. The normalized spacial score (nSPS) is 14.3. The number of hydrogen-bond acceptors (Lipinski definition) is 5. The van der Waals surface area contributed by atoms with E-state index in [1.165, 1.54) is 23.9 Å². The SMILES string of the molecule is Nc1ccc([N+](=O)[O-])c2c1SCC(=O)N2. The van der Waals surface area contributed by atoms with Gasteiger partial charge >= 0.3 is 0 Å². The predicted molar refractivity (Wildman–Crippen MR) is 56.9 cm³/mol. The summed E-state index contributed by atoms with van der Waals surface area (Å²) in [6, 6.07) is 2.77. The van der Waals surface area contributed by atoms with Crippen LogP contribution < -0.4 is 11.1 Å². The highest BCUT2D eigenvalue weighted by molar-refractivity contribution is 8.00. The summed E-state index contributed by atoms with van der Waals surface area (Å²) in [6.45, 7) is 0. The molecule has 1 aromatic rings. The van der Waals surface area contributed by atoms with E-state index in [0.29, 0.717) is 10.6 Å². The minimum Gasteiger partial charge on any atom is -0.398 e. The van der Waals surface area contributed by atoms with E-state index in [2.05, 4.69) is 5.32 Å². The Balaban J connectivity index is 2.61. The van der Waals surface area contributed by atoms with Gasteiger partial charge in [-0.1, -0.05) is 0 Å². The molecule has 0 aromatic heterocycles. The quantitative estimate of drug-likeness (QED) is 0.425. The second kappa shape index (κ2) is 3.43. The van der Waals surface area contributed by atoms with E-state index < -0.39 is 4.92 Å². The van der Waals surface area contributed by atoms with Crippen LogP contribution in [-0.4, -0.2) is 16.6 Å². The Labute approximate surface area is 89.0 Å². The number of carbonyl (C=O) groups excluding carboxylic acids is 1. The van der Waals surface area contributed by atoms with Crippen LogP contribution in [0.3, 0.4) is 0 Å². The molecule has 1 aliphatic heterocycles. The summed E-state index contributed by atoms with van der Waals surface area (Å²) in [5.74, 6) is -0.0144. The Bertz CT molecular complexity index is 461. The standard InChI is InChI=1S/C8H7N3O3S/c9-4-1-2-5(11(13)14)7-8(4)15-3-6(12)10-7/h1-2H,3,9H2,(H,10,12). The fourth-order valence-corrected chi connectivity index (χ4v) is 2.21. The molecular formula is C8H7N3O3S. The molecule has 0 bridgehead atoms. The van der Waals surface area contributed by atoms with Crippen molar-refractivity contribution in [3.8, 4) is 0 Å². The molecule has 0 saturated heterocycles. The Morgan fingerprint density at radius 2 is 2.27 bits per heavy atom. The summed E-state index contributed by atoms with van der Waals surface area (Å²) >= 11 is 1.21. The summed E-state index contributed by atoms with van der Waals surface area (Å²) in [5, 5.41) is 13.2. The maximum atomic E-state index is 11.1. The largest absolute Gasteiger partial charge is 0.398 e. The molecular weight excluding hydrogens is 218 g/mol.